The number of hydrogen-bond donors (Lipinski definition) is 1. The largest absolute Gasteiger partial charge is 0.494 e. The minimum Gasteiger partial charge on any atom is -0.494 e. The van der Waals surface area contributed by atoms with E-state index in [0.717, 1.165) is 0 Å². The summed E-state index contributed by atoms with van der Waals surface area (Å²) in [5.74, 6) is -1.09. The van der Waals surface area contributed by atoms with Crippen molar-refractivity contribution in [1.29, 1.82) is 0 Å². The van der Waals surface area contributed by atoms with Crippen molar-refractivity contribution in [2.75, 3.05) is 18.5 Å². The molecule has 0 aliphatic heterocycles. The van der Waals surface area contributed by atoms with Gasteiger partial charge in [-0.05, 0) is 37.3 Å². The van der Waals surface area contributed by atoms with Crippen LogP contribution in [0.4, 0.5) is 11.4 Å². The lowest BCUT2D eigenvalue weighted by atomic mass is 10.1. The lowest BCUT2D eigenvalue weighted by Crippen LogP contribution is -2.21. The number of aromatic nitrogens is 1. The van der Waals surface area contributed by atoms with Gasteiger partial charge in [0.1, 0.15) is 11.4 Å². The SMILES string of the molecule is CCOc1ccc(NC(=O)COC(=O)c2cccc3ncccc23)c([N+](=O)[O-])c1. The number of esters is 1. The van der Waals surface area contributed by atoms with Crippen molar-refractivity contribution in [3.63, 3.8) is 0 Å². The van der Waals surface area contributed by atoms with Crippen LogP contribution in [0.5, 0.6) is 5.75 Å². The molecule has 9 heteroatoms. The first-order valence-corrected chi connectivity index (χ1v) is 8.71. The molecule has 0 atom stereocenters. The second-order valence-corrected chi connectivity index (χ2v) is 5.87. The van der Waals surface area contributed by atoms with Crippen molar-refractivity contribution >= 4 is 34.2 Å². The summed E-state index contributed by atoms with van der Waals surface area (Å²) < 4.78 is 10.3. The molecule has 1 amide bonds. The fourth-order valence-corrected chi connectivity index (χ4v) is 2.70. The molecular formula is C20H17N3O6. The first-order valence-electron chi connectivity index (χ1n) is 8.71. The van der Waals surface area contributed by atoms with Crippen molar-refractivity contribution < 1.29 is 24.0 Å². The molecule has 0 bridgehead atoms. The zero-order chi connectivity index (χ0) is 20.8. The highest BCUT2D eigenvalue weighted by atomic mass is 16.6. The number of nitro benzene ring substituents is 1. The number of anilines is 1. The third-order valence-electron chi connectivity index (χ3n) is 3.95. The molecule has 1 heterocycles. The van der Waals surface area contributed by atoms with Gasteiger partial charge in [-0.15, -0.1) is 0 Å². The maximum absolute atomic E-state index is 12.4. The molecule has 148 valence electrons. The minimum absolute atomic E-state index is 0.0196. The molecule has 0 radical (unpaired) electrons. The fourth-order valence-electron chi connectivity index (χ4n) is 2.70. The van der Waals surface area contributed by atoms with E-state index >= 15 is 0 Å². The van der Waals surface area contributed by atoms with E-state index in [9.17, 15) is 19.7 Å². The highest BCUT2D eigenvalue weighted by Gasteiger charge is 2.19. The quantitative estimate of drug-likeness (QED) is 0.370. The number of rotatable bonds is 7. The Morgan fingerprint density at radius 3 is 2.76 bits per heavy atom. The standard InChI is InChI=1S/C20H17N3O6/c1-2-28-13-8-9-17(18(11-13)23(26)27)22-19(24)12-29-20(25)15-5-3-7-16-14(15)6-4-10-21-16/h3-11H,2,12H2,1H3,(H,22,24). The van der Waals surface area contributed by atoms with Crippen LogP contribution in [0, 0.1) is 10.1 Å². The average Bonchev–Trinajstić information content (AvgIpc) is 2.72. The number of ether oxygens (including phenoxy) is 2. The summed E-state index contributed by atoms with van der Waals surface area (Å²) in [6, 6.07) is 12.5. The van der Waals surface area contributed by atoms with Gasteiger partial charge in [0.2, 0.25) is 0 Å². The van der Waals surface area contributed by atoms with Crippen LogP contribution in [-0.2, 0) is 9.53 Å². The van der Waals surface area contributed by atoms with Crippen molar-refractivity contribution in [2.45, 2.75) is 6.92 Å². The Bertz CT molecular complexity index is 1080. The van der Waals surface area contributed by atoms with E-state index in [1.54, 1.807) is 43.5 Å². The number of hydrogen-bond acceptors (Lipinski definition) is 7. The lowest BCUT2D eigenvalue weighted by Gasteiger charge is -2.09. The fraction of sp³-hybridized carbons (Fsp3) is 0.150. The number of carbonyl (C=O) groups excluding carboxylic acids is 2. The Balaban J connectivity index is 1.68. The predicted octanol–water partition coefficient (Wildman–Crippen LogP) is 3.34. The molecule has 0 spiro atoms. The normalized spacial score (nSPS) is 10.4. The minimum atomic E-state index is -0.705. The predicted molar refractivity (Wildman–Crippen MR) is 105 cm³/mol. The van der Waals surface area contributed by atoms with E-state index in [1.165, 1.54) is 18.2 Å². The molecular weight excluding hydrogens is 378 g/mol. The lowest BCUT2D eigenvalue weighted by molar-refractivity contribution is -0.384. The molecule has 0 fully saturated rings. The number of nitro groups is 1. The van der Waals surface area contributed by atoms with Gasteiger partial charge in [0.15, 0.2) is 6.61 Å². The zero-order valence-electron chi connectivity index (χ0n) is 15.5. The molecule has 3 aromatic rings. The van der Waals surface area contributed by atoms with Crippen LogP contribution in [0.25, 0.3) is 10.9 Å². The molecule has 0 unspecified atom stereocenters. The van der Waals surface area contributed by atoms with Gasteiger partial charge in [0, 0.05) is 11.6 Å². The van der Waals surface area contributed by atoms with Crippen LogP contribution in [0.1, 0.15) is 17.3 Å². The molecule has 3 rings (SSSR count). The van der Waals surface area contributed by atoms with E-state index in [-0.39, 0.29) is 16.9 Å². The van der Waals surface area contributed by atoms with Gasteiger partial charge in [-0.3, -0.25) is 19.9 Å². The Morgan fingerprint density at radius 2 is 2.00 bits per heavy atom. The topological polar surface area (TPSA) is 121 Å². The number of pyridine rings is 1. The van der Waals surface area contributed by atoms with Gasteiger partial charge >= 0.3 is 5.97 Å². The molecule has 1 N–H and O–H groups in total. The average molecular weight is 395 g/mol. The first-order chi connectivity index (χ1) is 14.0. The summed E-state index contributed by atoms with van der Waals surface area (Å²) in [5, 5.41) is 14.2. The van der Waals surface area contributed by atoms with Gasteiger partial charge in [-0.1, -0.05) is 12.1 Å². The van der Waals surface area contributed by atoms with E-state index in [2.05, 4.69) is 10.3 Å². The summed E-state index contributed by atoms with van der Waals surface area (Å²) in [5.41, 5.74) is 0.552. The highest BCUT2D eigenvalue weighted by molar-refractivity contribution is 6.04. The molecule has 9 nitrogen and oxygen atoms in total. The highest BCUT2D eigenvalue weighted by Crippen LogP contribution is 2.29. The van der Waals surface area contributed by atoms with Crippen LogP contribution in [0.3, 0.4) is 0 Å². The van der Waals surface area contributed by atoms with Gasteiger partial charge < -0.3 is 14.8 Å². The van der Waals surface area contributed by atoms with E-state index in [4.69, 9.17) is 9.47 Å². The second-order valence-electron chi connectivity index (χ2n) is 5.87. The Hall–Kier alpha value is -4.01. The third kappa shape index (κ3) is 4.64. The summed E-state index contributed by atoms with van der Waals surface area (Å²) >= 11 is 0. The van der Waals surface area contributed by atoms with Crippen LogP contribution >= 0.6 is 0 Å². The molecule has 2 aromatic carbocycles. The van der Waals surface area contributed by atoms with Gasteiger partial charge in [-0.25, -0.2) is 4.79 Å². The van der Waals surface area contributed by atoms with Crippen molar-refractivity contribution in [1.82, 2.24) is 4.98 Å². The molecule has 29 heavy (non-hydrogen) atoms. The number of benzene rings is 2. The molecule has 0 aliphatic rings. The molecule has 0 saturated carbocycles. The molecule has 0 aliphatic carbocycles. The Morgan fingerprint density at radius 1 is 1.17 bits per heavy atom. The maximum atomic E-state index is 12.4. The number of carbonyl (C=O) groups is 2. The summed E-state index contributed by atoms with van der Waals surface area (Å²) in [6.45, 7) is 1.50. The van der Waals surface area contributed by atoms with Gasteiger partial charge in [0.25, 0.3) is 11.6 Å². The molecule has 1 aromatic heterocycles. The van der Waals surface area contributed by atoms with Crippen LogP contribution in [0.2, 0.25) is 0 Å². The first kappa shape index (κ1) is 19.7. The third-order valence-corrected chi connectivity index (χ3v) is 3.95. The van der Waals surface area contributed by atoms with Crippen LogP contribution < -0.4 is 10.1 Å². The van der Waals surface area contributed by atoms with Crippen molar-refractivity contribution in [3.05, 3.63) is 70.4 Å². The number of fused-ring (bicyclic) bond motifs is 1. The Kier molecular flexibility index (Phi) is 5.98. The van der Waals surface area contributed by atoms with Gasteiger partial charge in [-0.2, -0.15) is 0 Å². The molecule has 0 saturated heterocycles. The summed E-state index contributed by atoms with van der Waals surface area (Å²) in [4.78, 5) is 39.3. The van der Waals surface area contributed by atoms with Crippen molar-refractivity contribution in [2.24, 2.45) is 0 Å². The second kappa shape index (κ2) is 8.79. The van der Waals surface area contributed by atoms with Crippen molar-refractivity contribution in [3.8, 4) is 5.75 Å². The maximum Gasteiger partial charge on any atom is 0.339 e. The number of nitrogens with one attached hydrogen (secondary N) is 1. The zero-order valence-corrected chi connectivity index (χ0v) is 15.5. The van der Waals surface area contributed by atoms with Crippen LogP contribution in [-0.4, -0.2) is 35.0 Å². The van der Waals surface area contributed by atoms with Crippen LogP contribution in [0.15, 0.2) is 54.7 Å². The monoisotopic (exact) mass is 395 g/mol. The van der Waals surface area contributed by atoms with E-state index in [0.29, 0.717) is 23.3 Å². The Labute approximate surface area is 165 Å². The number of amides is 1. The van der Waals surface area contributed by atoms with E-state index in [1.807, 2.05) is 0 Å². The smallest absolute Gasteiger partial charge is 0.339 e. The summed E-state index contributed by atoms with van der Waals surface area (Å²) in [7, 11) is 0. The van der Waals surface area contributed by atoms with E-state index < -0.39 is 23.4 Å². The number of nitrogens with zero attached hydrogens (tertiary/aromatic N) is 2. The summed E-state index contributed by atoms with van der Waals surface area (Å²) in [6.07, 6.45) is 1.61. The van der Waals surface area contributed by atoms with Gasteiger partial charge in [0.05, 0.1) is 28.7 Å².